The van der Waals surface area contributed by atoms with Crippen LogP contribution in [0.4, 0.5) is 0 Å². The second kappa shape index (κ2) is 9.77. The van der Waals surface area contributed by atoms with Crippen LogP contribution in [-0.2, 0) is 4.74 Å². The third kappa shape index (κ3) is 6.07. The van der Waals surface area contributed by atoms with Gasteiger partial charge in [0.25, 0.3) is 0 Å². The van der Waals surface area contributed by atoms with E-state index in [0.29, 0.717) is 17.0 Å². The minimum atomic E-state index is -0.235. The number of allylic oxidation sites excluding steroid dienone is 1. The van der Waals surface area contributed by atoms with Crippen LogP contribution in [0.2, 0.25) is 0 Å². The minimum Gasteiger partial charge on any atom is -0.464 e. The van der Waals surface area contributed by atoms with E-state index in [2.05, 4.69) is 72.1 Å². The average molecular weight is 405 g/mol. The largest absolute Gasteiger partial charge is 0.464 e. The van der Waals surface area contributed by atoms with Crippen LogP contribution >= 0.6 is 8.58 Å². The zero-order chi connectivity index (χ0) is 20.9. The van der Waals surface area contributed by atoms with Crippen molar-refractivity contribution in [2.75, 3.05) is 13.8 Å². The van der Waals surface area contributed by atoms with Crippen LogP contribution in [0.25, 0.3) is 0 Å². The highest BCUT2D eigenvalue weighted by Crippen LogP contribution is 2.48. The predicted octanol–water partition coefficient (Wildman–Crippen LogP) is 7.60. The zero-order valence-electron chi connectivity index (χ0n) is 19.1. The first-order valence-corrected chi connectivity index (χ1v) is 12.3. The molecule has 0 spiro atoms. The van der Waals surface area contributed by atoms with Gasteiger partial charge in [-0.1, -0.05) is 58.9 Å². The van der Waals surface area contributed by atoms with Gasteiger partial charge in [0.2, 0.25) is 6.29 Å². The summed E-state index contributed by atoms with van der Waals surface area (Å²) in [5.74, 6) is 1.54. The molecule has 2 rings (SSSR count). The number of hydrogen-bond donors (Lipinski definition) is 0. The monoisotopic (exact) mass is 404 g/mol. The Kier molecular flexibility index (Phi) is 8.17. The summed E-state index contributed by atoms with van der Waals surface area (Å²) in [6, 6.07) is 8.75. The van der Waals surface area contributed by atoms with Crippen LogP contribution in [0.15, 0.2) is 36.4 Å². The van der Waals surface area contributed by atoms with E-state index in [0.717, 1.165) is 40.0 Å². The first kappa shape index (κ1) is 23.4. The van der Waals surface area contributed by atoms with Gasteiger partial charge in [0.1, 0.15) is 5.75 Å². The molecule has 28 heavy (non-hydrogen) atoms. The lowest BCUT2D eigenvalue weighted by Gasteiger charge is -2.44. The summed E-state index contributed by atoms with van der Waals surface area (Å²) in [4.78, 5) is 0. The average Bonchev–Trinajstić information content (AvgIpc) is 2.63. The lowest BCUT2D eigenvalue weighted by Crippen LogP contribution is -2.44. The molecule has 2 nitrogen and oxygen atoms in total. The summed E-state index contributed by atoms with van der Waals surface area (Å²) in [5.41, 5.74) is 3.73. The van der Waals surface area contributed by atoms with E-state index in [4.69, 9.17) is 9.47 Å². The summed E-state index contributed by atoms with van der Waals surface area (Å²) in [6.45, 7) is 18.1. The van der Waals surface area contributed by atoms with Gasteiger partial charge >= 0.3 is 0 Å². The van der Waals surface area contributed by atoms with Gasteiger partial charge in [0.15, 0.2) is 0 Å². The molecule has 1 saturated carbocycles. The molecule has 1 fully saturated rings. The molecular weight excluding hydrogens is 363 g/mol. The molecule has 5 atom stereocenters. The molecule has 0 amide bonds. The van der Waals surface area contributed by atoms with Crippen molar-refractivity contribution in [1.29, 1.82) is 0 Å². The molecule has 0 aliphatic heterocycles. The van der Waals surface area contributed by atoms with Crippen molar-refractivity contribution >= 4 is 8.58 Å². The fourth-order valence-corrected chi connectivity index (χ4v) is 6.18. The molecule has 0 radical (unpaired) electrons. The Labute approximate surface area is 175 Å². The van der Waals surface area contributed by atoms with Crippen molar-refractivity contribution in [3.05, 3.63) is 42.0 Å². The Balaban J connectivity index is 2.15. The minimum absolute atomic E-state index is 0.0156. The van der Waals surface area contributed by atoms with Gasteiger partial charge in [-0.15, -0.1) is 8.58 Å². The van der Waals surface area contributed by atoms with E-state index in [1.54, 1.807) is 7.11 Å². The third-order valence-electron chi connectivity index (χ3n) is 6.10. The molecule has 0 N–H and O–H groups in total. The number of ether oxygens (including phenoxy) is 2. The van der Waals surface area contributed by atoms with E-state index in [-0.39, 0.29) is 11.7 Å². The molecule has 5 unspecified atom stereocenters. The van der Waals surface area contributed by atoms with Gasteiger partial charge in [-0.3, -0.25) is 0 Å². The van der Waals surface area contributed by atoms with E-state index in [1.165, 1.54) is 17.6 Å². The van der Waals surface area contributed by atoms with Gasteiger partial charge in [0.05, 0.1) is 0 Å². The second-order valence-electron chi connectivity index (χ2n) is 10.0. The molecule has 1 aromatic carbocycles. The van der Waals surface area contributed by atoms with Crippen LogP contribution in [0.3, 0.4) is 0 Å². The van der Waals surface area contributed by atoms with Crippen molar-refractivity contribution in [3.8, 4) is 5.75 Å². The van der Waals surface area contributed by atoms with Crippen LogP contribution in [-0.4, -0.2) is 20.1 Å². The lowest BCUT2D eigenvalue weighted by atomic mass is 9.66. The summed E-state index contributed by atoms with van der Waals surface area (Å²) >= 11 is 0. The van der Waals surface area contributed by atoms with Crippen molar-refractivity contribution in [2.45, 2.75) is 78.7 Å². The summed E-state index contributed by atoms with van der Waals surface area (Å²) in [5, 5.41) is 0. The maximum Gasteiger partial charge on any atom is 0.205 e. The van der Waals surface area contributed by atoms with E-state index >= 15 is 0 Å². The molecule has 158 valence electrons. The highest BCUT2D eigenvalue weighted by Gasteiger charge is 2.43. The Morgan fingerprint density at radius 1 is 1.25 bits per heavy atom. The molecule has 1 aliphatic rings. The van der Waals surface area contributed by atoms with Crippen molar-refractivity contribution in [2.24, 2.45) is 16.7 Å². The maximum atomic E-state index is 6.40. The van der Waals surface area contributed by atoms with Crippen LogP contribution in [0.1, 0.15) is 77.9 Å². The number of methoxy groups -OCH3 is 1. The number of benzene rings is 1. The SMILES string of the molecule is C=C1CC(C)CC(CC)(C(OC)Oc2ccc(C(CC(C)(C)C)PC)cc2)C1. The third-order valence-corrected chi connectivity index (χ3v) is 7.34. The Bertz CT molecular complexity index is 631. The Hall–Kier alpha value is -0.850. The molecular formula is C25H41O2P. The first-order chi connectivity index (χ1) is 13.1. The fraction of sp³-hybridized carbons (Fsp3) is 0.680. The highest BCUT2D eigenvalue weighted by atomic mass is 31.1. The van der Waals surface area contributed by atoms with E-state index in [1.807, 2.05) is 0 Å². The van der Waals surface area contributed by atoms with Gasteiger partial charge in [-0.2, -0.15) is 0 Å². The van der Waals surface area contributed by atoms with E-state index in [9.17, 15) is 0 Å². The van der Waals surface area contributed by atoms with Gasteiger partial charge in [-0.05, 0) is 67.8 Å². The fourth-order valence-electron chi connectivity index (χ4n) is 4.84. The first-order valence-electron chi connectivity index (χ1n) is 10.8. The quantitative estimate of drug-likeness (QED) is 0.252. The molecule has 0 saturated heterocycles. The standard InChI is InChI=1S/C25H41O2P/c1-9-25(15-18(2)14-19(3)16-25)23(26-7)27-21-12-10-20(11-13-21)22(28-8)17-24(4,5)6/h10-13,19,22-23,28H,2,9,14-17H2,1,3-8H3. The van der Waals surface area contributed by atoms with Gasteiger partial charge < -0.3 is 9.47 Å². The van der Waals surface area contributed by atoms with Crippen molar-refractivity contribution < 1.29 is 9.47 Å². The summed E-state index contributed by atoms with van der Waals surface area (Å²) in [6.07, 6.45) is 5.26. The normalized spacial score (nSPS) is 25.8. The second-order valence-corrected chi connectivity index (χ2v) is 11.3. The van der Waals surface area contributed by atoms with Crippen LogP contribution in [0, 0.1) is 16.7 Å². The predicted molar refractivity (Wildman–Crippen MR) is 124 cm³/mol. The van der Waals surface area contributed by atoms with Crippen molar-refractivity contribution in [3.63, 3.8) is 0 Å². The molecule has 0 bridgehead atoms. The molecule has 1 aliphatic carbocycles. The highest BCUT2D eigenvalue weighted by molar-refractivity contribution is 7.37. The summed E-state index contributed by atoms with van der Waals surface area (Å²) in [7, 11) is 2.68. The molecule has 1 aromatic rings. The molecule has 0 aromatic heterocycles. The van der Waals surface area contributed by atoms with Crippen molar-refractivity contribution in [1.82, 2.24) is 0 Å². The Morgan fingerprint density at radius 3 is 2.36 bits per heavy atom. The smallest absolute Gasteiger partial charge is 0.205 e. The number of rotatable bonds is 8. The van der Waals surface area contributed by atoms with Gasteiger partial charge in [0, 0.05) is 18.2 Å². The lowest BCUT2D eigenvalue weighted by molar-refractivity contribution is -0.153. The van der Waals surface area contributed by atoms with Crippen LogP contribution < -0.4 is 4.74 Å². The summed E-state index contributed by atoms with van der Waals surface area (Å²) < 4.78 is 12.3. The Morgan fingerprint density at radius 2 is 1.89 bits per heavy atom. The van der Waals surface area contributed by atoms with E-state index < -0.39 is 0 Å². The maximum absolute atomic E-state index is 6.40. The molecule has 0 heterocycles. The molecule has 3 heteroatoms. The number of hydrogen-bond acceptors (Lipinski definition) is 2. The zero-order valence-corrected chi connectivity index (χ0v) is 20.1. The topological polar surface area (TPSA) is 18.5 Å². The van der Waals surface area contributed by atoms with Gasteiger partial charge in [-0.25, -0.2) is 0 Å². The van der Waals surface area contributed by atoms with Crippen LogP contribution in [0.5, 0.6) is 5.75 Å².